The quantitative estimate of drug-likeness (QED) is 0.742. The van der Waals surface area contributed by atoms with E-state index in [1.807, 2.05) is 61.5 Å². The normalized spacial score (nSPS) is 13.1. The molecule has 0 aromatic heterocycles. The number of carboxylic acid groups (broad SMARTS) is 1. The molecule has 4 nitrogen and oxygen atoms in total. The molecule has 2 aromatic rings. The van der Waals surface area contributed by atoms with E-state index in [1.165, 1.54) is 0 Å². The van der Waals surface area contributed by atoms with Crippen LogP contribution in [0.3, 0.4) is 0 Å². The van der Waals surface area contributed by atoms with Crippen LogP contribution >= 0.6 is 15.9 Å². The summed E-state index contributed by atoms with van der Waals surface area (Å²) in [4.78, 5) is 23.4. The fraction of sp³-hybridized carbons (Fsp3) is 0.263. The van der Waals surface area contributed by atoms with Crippen molar-refractivity contribution in [2.24, 2.45) is 0 Å². The fourth-order valence-electron chi connectivity index (χ4n) is 2.60. The molecule has 0 aliphatic heterocycles. The summed E-state index contributed by atoms with van der Waals surface area (Å²) in [6.45, 7) is 1.91. The van der Waals surface area contributed by atoms with Crippen LogP contribution in [-0.4, -0.2) is 17.0 Å². The minimum atomic E-state index is -0.905. The van der Waals surface area contributed by atoms with E-state index in [1.54, 1.807) is 0 Å². The average Bonchev–Trinajstić information content (AvgIpc) is 2.55. The van der Waals surface area contributed by atoms with Gasteiger partial charge in [-0.15, -0.1) is 0 Å². The predicted octanol–water partition coefficient (Wildman–Crippen LogP) is 4.27. The molecule has 0 saturated carbocycles. The van der Waals surface area contributed by atoms with Crippen molar-refractivity contribution in [2.45, 2.75) is 31.7 Å². The third kappa shape index (κ3) is 5.49. The highest BCUT2D eigenvalue weighted by Gasteiger charge is 2.20. The smallest absolute Gasteiger partial charge is 0.303 e. The molecular weight excluding hydrogens is 370 g/mol. The molecule has 0 spiro atoms. The Bertz CT molecular complexity index is 686. The molecule has 5 heteroatoms. The second-order valence-electron chi connectivity index (χ2n) is 5.75. The van der Waals surface area contributed by atoms with Gasteiger partial charge in [0.05, 0.1) is 12.5 Å². The van der Waals surface area contributed by atoms with Crippen LogP contribution in [0, 0.1) is 0 Å². The molecule has 0 fully saturated rings. The molecule has 24 heavy (non-hydrogen) atoms. The van der Waals surface area contributed by atoms with Gasteiger partial charge in [0.1, 0.15) is 0 Å². The van der Waals surface area contributed by atoms with Gasteiger partial charge in [-0.1, -0.05) is 58.4 Å². The summed E-state index contributed by atoms with van der Waals surface area (Å²) in [5.41, 5.74) is 1.87. The third-order valence-corrected chi connectivity index (χ3v) is 4.40. The lowest BCUT2D eigenvalue weighted by Crippen LogP contribution is -2.28. The van der Waals surface area contributed by atoms with E-state index in [2.05, 4.69) is 21.2 Å². The number of carbonyl (C=O) groups is 2. The van der Waals surface area contributed by atoms with Gasteiger partial charge < -0.3 is 10.4 Å². The minimum absolute atomic E-state index is 0.0654. The number of amides is 1. The zero-order chi connectivity index (χ0) is 17.5. The summed E-state index contributed by atoms with van der Waals surface area (Å²) >= 11 is 3.38. The molecule has 0 bridgehead atoms. The molecule has 2 aromatic carbocycles. The number of benzene rings is 2. The molecule has 126 valence electrons. The number of aliphatic carboxylic acids is 1. The summed E-state index contributed by atoms with van der Waals surface area (Å²) in [5, 5.41) is 12.0. The first-order chi connectivity index (χ1) is 11.5. The number of nitrogens with one attached hydrogen (secondary N) is 1. The van der Waals surface area contributed by atoms with Gasteiger partial charge in [-0.2, -0.15) is 0 Å². The lowest BCUT2D eigenvalue weighted by molar-refractivity contribution is -0.137. The van der Waals surface area contributed by atoms with Crippen molar-refractivity contribution in [2.75, 3.05) is 0 Å². The van der Waals surface area contributed by atoms with Crippen molar-refractivity contribution < 1.29 is 14.7 Å². The number of hydrogen-bond acceptors (Lipinski definition) is 2. The molecular formula is C19H20BrNO3. The summed E-state index contributed by atoms with van der Waals surface area (Å²) in [6.07, 6.45) is 0.0846. The molecule has 2 rings (SSSR count). The first-order valence-electron chi connectivity index (χ1n) is 7.77. The van der Waals surface area contributed by atoms with Gasteiger partial charge >= 0.3 is 5.97 Å². The van der Waals surface area contributed by atoms with E-state index in [0.717, 1.165) is 15.6 Å². The van der Waals surface area contributed by atoms with E-state index in [-0.39, 0.29) is 30.7 Å². The maximum Gasteiger partial charge on any atom is 0.303 e. The van der Waals surface area contributed by atoms with Crippen molar-refractivity contribution in [1.29, 1.82) is 0 Å². The molecule has 2 N–H and O–H groups in total. The Morgan fingerprint density at radius 1 is 1.00 bits per heavy atom. The van der Waals surface area contributed by atoms with Gasteiger partial charge in [0.2, 0.25) is 5.91 Å². The zero-order valence-corrected chi connectivity index (χ0v) is 15.0. The molecule has 0 heterocycles. The van der Waals surface area contributed by atoms with Crippen molar-refractivity contribution >= 4 is 27.8 Å². The summed E-state index contributed by atoms with van der Waals surface area (Å²) in [5.74, 6) is -1.39. The van der Waals surface area contributed by atoms with E-state index in [9.17, 15) is 9.59 Å². The lowest BCUT2D eigenvalue weighted by atomic mass is 9.92. The Morgan fingerprint density at radius 3 is 2.21 bits per heavy atom. The van der Waals surface area contributed by atoms with Crippen LogP contribution in [0.4, 0.5) is 0 Å². The first kappa shape index (κ1) is 18.2. The zero-order valence-electron chi connectivity index (χ0n) is 13.4. The molecule has 2 unspecified atom stereocenters. The van der Waals surface area contributed by atoms with Gasteiger partial charge in [-0.25, -0.2) is 0 Å². The van der Waals surface area contributed by atoms with Crippen molar-refractivity contribution in [3.05, 3.63) is 70.2 Å². The first-order valence-corrected chi connectivity index (χ1v) is 8.56. The van der Waals surface area contributed by atoms with E-state index in [0.29, 0.717) is 0 Å². The van der Waals surface area contributed by atoms with Crippen LogP contribution in [0.1, 0.15) is 42.9 Å². The highest BCUT2D eigenvalue weighted by molar-refractivity contribution is 9.10. The number of rotatable bonds is 7. The number of carbonyl (C=O) groups excluding carboxylic acids is 1. The highest BCUT2D eigenvalue weighted by atomic mass is 79.9. The Balaban J connectivity index is 2.02. The van der Waals surface area contributed by atoms with Crippen LogP contribution in [-0.2, 0) is 9.59 Å². The Labute approximate surface area is 150 Å². The Kier molecular flexibility index (Phi) is 6.55. The average molecular weight is 390 g/mol. The summed E-state index contributed by atoms with van der Waals surface area (Å²) in [7, 11) is 0. The maximum atomic E-state index is 12.3. The minimum Gasteiger partial charge on any atom is -0.481 e. The van der Waals surface area contributed by atoms with Gasteiger partial charge in [0.25, 0.3) is 0 Å². The second kappa shape index (κ2) is 8.64. The standard InChI is InChI=1S/C19H20BrNO3/c1-13(14-7-9-17(20)10-8-14)21-18(22)11-16(12-19(23)24)15-5-3-2-4-6-15/h2-10,13,16H,11-12H2,1H3,(H,21,22)(H,23,24). The maximum absolute atomic E-state index is 12.3. The highest BCUT2D eigenvalue weighted by Crippen LogP contribution is 2.24. The molecule has 0 aliphatic rings. The van der Waals surface area contributed by atoms with Gasteiger partial charge in [0.15, 0.2) is 0 Å². The molecule has 0 radical (unpaired) electrons. The van der Waals surface area contributed by atoms with Crippen molar-refractivity contribution in [3.8, 4) is 0 Å². The summed E-state index contributed by atoms with van der Waals surface area (Å²) in [6, 6.07) is 16.9. The van der Waals surface area contributed by atoms with Crippen LogP contribution in [0.25, 0.3) is 0 Å². The van der Waals surface area contributed by atoms with E-state index >= 15 is 0 Å². The largest absolute Gasteiger partial charge is 0.481 e. The van der Waals surface area contributed by atoms with Crippen molar-refractivity contribution in [3.63, 3.8) is 0 Å². The third-order valence-electron chi connectivity index (χ3n) is 3.87. The summed E-state index contributed by atoms with van der Waals surface area (Å²) < 4.78 is 0.982. The van der Waals surface area contributed by atoms with Crippen LogP contribution < -0.4 is 5.32 Å². The molecule has 2 atom stereocenters. The van der Waals surface area contributed by atoms with Gasteiger partial charge in [0, 0.05) is 16.8 Å². The van der Waals surface area contributed by atoms with Crippen molar-refractivity contribution in [1.82, 2.24) is 5.32 Å². The van der Waals surface area contributed by atoms with E-state index < -0.39 is 5.97 Å². The number of carboxylic acids is 1. The Hall–Kier alpha value is -2.14. The molecule has 0 aliphatic carbocycles. The van der Waals surface area contributed by atoms with Crippen LogP contribution in [0.15, 0.2) is 59.1 Å². The fourth-order valence-corrected chi connectivity index (χ4v) is 2.87. The van der Waals surface area contributed by atoms with Crippen LogP contribution in [0.2, 0.25) is 0 Å². The number of halogens is 1. The second-order valence-corrected chi connectivity index (χ2v) is 6.67. The monoisotopic (exact) mass is 389 g/mol. The van der Waals surface area contributed by atoms with Gasteiger partial charge in [-0.3, -0.25) is 9.59 Å². The van der Waals surface area contributed by atoms with Gasteiger partial charge in [-0.05, 0) is 30.2 Å². The molecule has 0 saturated heterocycles. The SMILES string of the molecule is CC(NC(=O)CC(CC(=O)O)c1ccccc1)c1ccc(Br)cc1. The molecule has 1 amide bonds. The predicted molar refractivity (Wildman–Crippen MR) is 96.8 cm³/mol. The number of hydrogen-bond donors (Lipinski definition) is 2. The Morgan fingerprint density at radius 2 is 1.62 bits per heavy atom. The topological polar surface area (TPSA) is 66.4 Å². The van der Waals surface area contributed by atoms with E-state index in [4.69, 9.17) is 5.11 Å². The van der Waals surface area contributed by atoms with Crippen LogP contribution in [0.5, 0.6) is 0 Å². The lowest BCUT2D eigenvalue weighted by Gasteiger charge is -2.18.